The van der Waals surface area contributed by atoms with Gasteiger partial charge in [-0.15, -0.1) is 0 Å². The minimum Gasteiger partial charge on any atom is -0.497 e. The lowest BCUT2D eigenvalue weighted by atomic mass is 10.0. The molecule has 2 aliphatic rings. The van der Waals surface area contributed by atoms with Crippen LogP contribution in [0.2, 0.25) is 5.02 Å². The van der Waals surface area contributed by atoms with Crippen LogP contribution in [0.4, 0.5) is 13.2 Å². The number of alkyl halides is 3. The van der Waals surface area contributed by atoms with Gasteiger partial charge in [0.05, 0.1) is 30.8 Å². The largest absolute Gasteiger partial charge is 0.497 e. The van der Waals surface area contributed by atoms with Crippen LogP contribution in [-0.4, -0.2) is 45.0 Å². The number of hydrogen-bond donors (Lipinski definition) is 2. The van der Waals surface area contributed by atoms with Gasteiger partial charge >= 0.3 is 6.18 Å². The Balaban J connectivity index is 0.000000186. The average molecular weight is 546 g/mol. The summed E-state index contributed by atoms with van der Waals surface area (Å²) in [7, 11) is 1.69. The topological polar surface area (TPSA) is 58.0 Å². The molecule has 2 aliphatic heterocycles. The van der Waals surface area contributed by atoms with Crippen LogP contribution in [0.1, 0.15) is 22.3 Å². The maximum absolute atomic E-state index is 12.6. The zero-order chi connectivity index (χ0) is 24.0. The van der Waals surface area contributed by atoms with Gasteiger partial charge in [0, 0.05) is 30.4 Å². The zero-order valence-corrected chi connectivity index (χ0v) is 20.7. The third kappa shape index (κ3) is 6.86. The Labute approximate surface area is 204 Å². The first-order valence-corrected chi connectivity index (χ1v) is 11.6. The molecule has 0 unspecified atom stereocenters. The highest BCUT2D eigenvalue weighted by Gasteiger charge is 2.33. The third-order valence-electron chi connectivity index (χ3n) is 5.25. The maximum Gasteiger partial charge on any atom is 0.417 e. The van der Waals surface area contributed by atoms with Crippen molar-refractivity contribution < 1.29 is 17.9 Å². The van der Waals surface area contributed by atoms with Crippen LogP contribution in [0, 0.1) is 6.92 Å². The molecule has 0 saturated carbocycles. The lowest BCUT2D eigenvalue weighted by molar-refractivity contribution is -0.137. The Hall–Kier alpha value is -2.26. The van der Waals surface area contributed by atoms with Gasteiger partial charge in [0.2, 0.25) is 0 Å². The van der Waals surface area contributed by atoms with Crippen molar-refractivity contribution >= 4 is 39.2 Å². The van der Waals surface area contributed by atoms with E-state index in [9.17, 15) is 13.2 Å². The lowest BCUT2D eigenvalue weighted by Crippen LogP contribution is -2.21. The van der Waals surface area contributed by atoms with E-state index >= 15 is 0 Å². The molecule has 0 fully saturated rings. The van der Waals surface area contributed by atoms with E-state index in [2.05, 4.69) is 49.5 Å². The van der Waals surface area contributed by atoms with Crippen LogP contribution < -0.4 is 15.4 Å². The predicted molar refractivity (Wildman–Crippen MR) is 130 cm³/mol. The monoisotopic (exact) mass is 544 g/mol. The van der Waals surface area contributed by atoms with Crippen LogP contribution in [0.5, 0.6) is 5.75 Å². The van der Waals surface area contributed by atoms with Crippen LogP contribution in [-0.2, 0) is 19.0 Å². The van der Waals surface area contributed by atoms with Crippen molar-refractivity contribution in [1.82, 2.24) is 10.6 Å². The standard InChI is InChI=1S/C12H15BrN2O.C11H10ClF3N2/c1-8-9(6-12-14-3-4-15-12)5-10(16-2)7-11(8)13;12-10-7(6-9-16-4-5-17-9)2-1-3-8(10)11(13,14)15/h5,7H,3-4,6H2,1-2H3,(H,14,15);1-3H,4-6H2,(H,16,17). The van der Waals surface area contributed by atoms with E-state index in [1.54, 1.807) is 13.2 Å². The molecule has 0 spiro atoms. The molecule has 0 atom stereocenters. The Morgan fingerprint density at radius 1 is 1.03 bits per heavy atom. The maximum atomic E-state index is 12.6. The summed E-state index contributed by atoms with van der Waals surface area (Å²) in [6.07, 6.45) is -3.26. The second-order valence-electron chi connectivity index (χ2n) is 7.53. The molecule has 0 aromatic heterocycles. The van der Waals surface area contributed by atoms with Crippen molar-refractivity contribution in [1.29, 1.82) is 0 Å². The summed E-state index contributed by atoms with van der Waals surface area (Å²) in [5, 5.41) is 6.04. The summed E-state index contributed by atoms with van der Waals surface area (Å²) >= 11 is 9.32. The molecule has 4 rings (SSSR count). The Morgan fingerprint density at radius 2 is 1.64 bits per heavy atom. The average Bonchev–Trinajstić information content (AvgIpc) is 3.47. The molecule has 0 saturated heterocycles. The summed E-state index contributed by atoms with van der Waals surface area (Å²) in [4.78, 5) is 8.54. The SMILES string of the molecule is COc1cc(Br)c(C)c(CC2=NCCN2)c1.FC(F)(F)c1cccc(CC2=NCCN2)c1Cl. The Bertz CT molecular complexity index is 1060. The van der Waals surface area contributed by atoms with Crippen molar-refractivity contribution in [3.05, 3.63) is 62.1 Å². The number of nitrogens with zero attached hydrogens (tertiary/aromatic N) is 2. The molecule has 0 radical (unpaired) electrons. The number of nitrogens with one attached hydrogen (secondary N) is 2. The van der Waals surface area contributed by atoms with Crippen LogP contribution >= 0.6 is 27.5 Å². The summed E-state index contributed by atoms with van der Waals surface area (Å²) in [6.45, 7) is 5.34. The predicted octanol–water partition coefficient (Wildman–Crippen LogP) is 5.21. The van der Waals surface area contributed by atoms with E-state index in [1.165, 1.54) is 17.2 Å². The van der Waals surface area contributed by atoms with Gasteiger partial charge in [-0.1, -0.05) is 39.7 Å². The number of aliphatic imine (C=N–C) groups is 2. The first-order chi connectivity index (χ1) is 15.7. The minimum atomic E-state index is -4.42. The number of halogens is 5. The fourth-order valence-corrected chi connectivity index (χ4v) is 4.22. The molecule has 10 heteroatoms. The quantitative estimate of drug-likeness (QED) is 0.542. The van der Waals surface area contributed by atoms with Gasteiger partial charge in [0.15, 0.2) is 0 Å². The molecule has 0 aliphatic carbocycles. The molecule has 0 amide bonds. The van der Waals surface area contributed by atoms with E-state index in [4.69, 9.17) is 16.3 Å². The fourth-order valence-electron chi connectivity index (χ4n) is 3.44. The minimum absolute atomic E-state index is 0.239. The summed E-state index contributed by atoms with van der Waals surface area (Å²) in [5.41, 5.74) is 2.14. The molecular weight excluding hydrogens is 521 g/mol. The van der Waals surface area contributed by atoms with Gasteiger partial charge < -0.3 is 15.4 Å². The number of rotatable bonds is 5. The first kappa shape index (κ1) is 25.4. The van der Waals surface area contributed by atoms with E-state index < -0.39 is 11.7 Å². The summed E-state index contributed by atoms with van der Waals surface area (Å²) in [5.74, 6) is 2.64. The number of ether oxygens (including phenoxy) is 1. The van der Waals surface area contributed by atoms with Crippen molar-refractivity contribution in [2.24, 2.45) is 9.98 Å². The molecule has 178 valence electrons. The van der Waals surface area contributed by atoms with E-state index in [-0.39, 0.29) is 5.02 Å². The van der Waals surface area contributed by atoms with E-state index in [1.807, 2.05) is 6.07 Å². The number of hydrogen-bond acceptors (Lipinski definition) is 5. The van der Waals surface area contributed by atoms with Gasteiger partial charge in [-0.2, -0.15) is 13.2 Å². The summed E-state index contributed by atoms with van der Waals surface area (Å²) in [6, 6.07) is 7.99. The van der Waals surface area contributed by atoms with Crippen LogP contribution in [0.3, 0.4) is 0 Å². The highest BCUT2D eigenvalue weighted by molar-refractivity contribution is 9.10. The molecule has 0 bridgehead atoms. The molecule has 5 nitrogen and oxygen atoms in total. The highest BCUT2D eigenvalue weighted by atomic mass is 79.9. The van der Waals surface area contributed by atoms with Crippen molar-refractivity contribution in [2.45, 2.75) is 25.9 Å². The molecule has 2 N–H and O–H groups in total. The highest BCUT2D eigenvalue weighted by Crippen LogP contribution is 2.36. The zero-order valence-electron chi connectivity index (χ0n) is 18.3. The molecule has 2 heterocycles. The van der Waals surface area contributed by atoms with Crippen molar-refractivity contribution in [3.63, 3.8) is 0 Å². The smallest absolute Gasteiger partial charge is 0.417 e. The molecule has 2 aromatic carbocycles. The first-order valence-electron chi connectivity index (χ1n) is 10.4. The van der Waals surface area contributed by atoms with Crippen LogP contribution in [0.15, 0.2) is 44.8 Å². The normalized spacial score (nSPS) is 15.1. The lowest BCUT2D eigenvalue weighted by Gasteiger charge is -2.12. The fraction of sp³-hybridized carbons (Fsp3) is 0.391. The number of benzene rings is 2. The Kier molecular flexibility index (Phi) is 8.64. The molecular formula is C23H25BrClF3N4O. The molecule has 33 heavy (non-hydrogen) atoms. The van der Waals surface area contributed by atoms with Gasteiger partial charge in [-0.3, -0.25) is 9.98 Å². The van der Waals surface area contributed by atoms with Gasteiger partial charge in [0.25, 0.3) is 0 Å². The van der Waals surface area contributed by atoms with Crippen LogP contribution in [0.25, 0.3) is 0 Å². The summed E-state index contributed by atoms with van der Waals surface area (Å²) < 4.78 is 44.2. The van der Waals surface area contributed by atoms with Gasteiger partial charge in [-0.25, -0.2) is 0 Å². The second kappa shape index (κ2) is 11.2. The number of amidine groups is 2. The molecule has 2 aromatic rings. The van der Waals surface area contributed by atoms with E-state index in [0.29, 0.717) is 24.4 Å². The van der Waals surface area contributed by atoms with Gasteiger partial charge in [-0.05, 0) is 41.8 Å². The van der Waals surface area contributed by atoms with Crippen molar-refractivity contribution in [3.8, 4) is 5.75 Å². The second-order valence-corrected chi connectivity index (χ2v) is 8.77. The van der Waals surface area contributed by atoms with Crippen molar-refractivity contribution in [2.75, 3.05) is 33.3 Å². The van der Waals surface area contributed by atoms with Gasteiger partial charge in [0.1, 0.15) is 17.4 Å². The number of methoxy groups -OCH3 is 1. The third-order valence-corrected chi connectivity index (χ3v) is 6.52. The van der Waals surface area contributed by atoms with E-state index in [0.717, 1.165) is 48.2 Å². The Morgan fingerprint density at radius 3 is 2.15 bits per heavy atom.